The quantitative estimate of drug-likeness (QED) is 0.410. The number of para-hydroxylation sites is 1. The minimum Gasteiger partial charge on any atom is -0.388 e. The van der Waals surface area contributed by atoms with Crippen LogP contribution in [0.15, 0.2) is 30.0 Å². The number of benzene rings is 1. The van der Waals surface area contributed by atoms with Gasteiger partial charge in [0.2, 0.25) is 0 Å². The fraction of sp³-hybridized carbons (Fsp3) is 0.500. The number of hydrogen-bond acceptors (Lipinski definition) is 4. The first kappa shape index (κ1) is 20.7. The maximum Gasteiger partial charge on any atom is 0.267 e. The summed E-state index contributed by atoms with van der Waals surface area (Å²) in [5.74, 6) is -0.0917. The van der Waals surface area contributed by atoms with Gasteiger partial charge in [0.25, 0.3) is 5.91 Å². The third-order valence-electron chi connectivity index (χ3n) is 4.24. The van der Waals surface area contributed by atoms with E-state index in [1.165, 1.54) is 6.20 Å². The number of hydrogen-bond donors (Lipinski definition) is 2. The minimum atomic E-state index is -0.381. The van der Waals surface area contributed by atoms with Crippen LogP contribution in [0, 0.1) is 18.3 Å². The molecule has 1 rings (SSSR count). The smallest absolute Gasteiger partial charge is 0.267 e. The van der Waals surface area contributed by atoms with Gasteiger partial charge in [0.1, 0.15) is 11.6 Å². The van der Waals surface area contributed by atoms with Crippen LogP contribution in [0.2, 0.25) is 0 Å². The second-order valence-corrected chi connectivity index (χ2v) is 6.30. The molecule has 0 atom stereocenters. The number of nitrogens with one attached hydrogen (secondary N) is 2. The molecule has 0 saturated carbocycles. The largest absolute Gasteiger partial charge is 0.388 e. The molecule has 0 aliphatic carbocycles. The van der Waals surface area contributed by atoms with Gasteiger partial charge in [-0.1, -0.05) is 45.9 Å². The van der Waals surface area contributed by atoms with Crippen molar-refractivity contribution in [1.29, 1.82) is 5.26 Å². The van der Waals surface area contributed by atoms with Crippen LogP contribution in [0.25, 0.3) is 0 Å². The molecule has 25 heavy (non-hydrogen) atoms. The SMILES string of the molecule is CCN(CC)CCN/C=C(/C#N)C(=O)Nc1c(C)cccc1C(C)C. The zero-order valence-corrected chi connectivity index (χ0v) is 16.0. The van der Waals surface area contributed by atoms with Crippen molar-refractivity contribution >= 4 is 11.6 Å². The summed E-state index contributed by atoms with van der Waals surface area (Å²) in [6.45, 7) is 13.9. The number of anilines is 1. The van der Waals surface area contributed by atoms with E-state index in [4.69, 9.17) is 0 Å². The van der Waals surface area contributed by atoms with E-state index in [-0.39, 0.29) is 17.4 Å². The van der Waals surface area contributed by atoms with Crippen molar-refractivity contribution in [3.05, 3.63) is 41.1 Å². The maximum absolute atomic E-state index is 12.5. The van der Waals surface area contributed by atoms with Crippen LogP contribution < -0.4 is 10.6 Å². The highest BCUT2D eigenvalue weighted by atomic mass is 16.1. The van der Waals surface area contributed by atoms with Gasteiger partial charge < -0.3 is 15.5 Å². The molecular weight excluding hydrogens is 312 g/mol. The molecule has 0 aliphatic heterocycles. The minimum absolute atomic E-state index is 0.0810. The van der Waals surface area contributed by atoms with Crippen molar-refractivity contribution in [2.24, 2.45) is 0 Å². The van der Waals surface area contributed by atoms with Crippen LogP contribution in [0.4, 0.5) is 5.69 Å². The Morgan fingerprint density at radius 1 is 1.32 bits per heavy atom. The highest BCUT2D eigenvalue weighted by molar-refractivity contribution is 6.07. The lowest BCUT2D eigenvalue weighted by atomic mass is 9.98. The summed E-state index contributed by atoms with van der Waals surface area (Å²) >= 11 is 0. The predicted molar refractivity (Wildman–Crippen MR) is 103 cm³/mol. The van der Waals surface area contributed by atoms with E-state index < -0.39 is 0 Å². The molecule has 0 spiro atoms. The summed E-state index contributed by atoms with van der Waals surface area (Å²) in [4.78, 5) is 14.7. The van der Waals surface area contributed by atoms with E-state index in [1.54, 1.807) is 0 Å². The molecule has 0 aliphatic rings. The van der Waals surface area contributed by atoms with Crippen LogP contribution in [0.1, 0.15) is 44.7 Å². The van der Waals surface area contributed by atoms with Gasteiger partial charge in [-0.25, -0.2) is 0 Å². The van der Waals surface area contributed by atoms with Crippen LogP contribution in [-0.4, -0.2) is 37.0 Å². The van der Waals surface area contributed by atoms with E-state index in [1.807, 2.05) is 31.2 Å². The molecule has 2 N–H and O–H groups in total. The molecule has 136 valence electrons. The molecule has 0 fully saturated rings. The fourth-order valence-corrected chi connectivity index (χ4v) is 2.61. The topological polar surface area (TPSA) is 68.2 Å². The van der Waals surface area contributed by atoms with Gasteiger partial charge in [-0.05, 0) is 37.1 Å². The molecule has 5 heteroatoms. The molecule has 0 bridgehead atoms. The van der Waals surface area contributed by atoms with Gasteiger partial charge in [0.15, 0.2) is 0 Å². The van der Waals surface area contributed by atoms with E-state index in [9.17, 15) is 10.1 Å². The third kappa shape index (κ3) is 6.24. The van der Waals surface area contributed by atoms with Crippen LogP contribution >= 0.6 is 0 Å². The Morgan fingerprint density at radius 2 is 2.00 bits per heavy atom. The van der Waals surface area contributed by atoms with Crippen LogP contribution in [-0.2, 0) is 4.79 Å². The highest BCUT2D eigenvalue weighted by Gasteiger charge is 2.15. The summed E-state index contributed by atoms with van der Waals surface area (Å²) in [6, 6.07) is 7.92. The number of likely N-dealkylation sites (N-methyl/N-ethyl adjacent to an activating group) is 1. The van der Waals surface area contributed by atoms with E-state index in [0.29, 0.717) is 6.54 Å². The maximum atomic E-state index is 12.5. The van der Waals surface area contributed by atoms with Crippen LogP contribution in [0.3, 0.4) is 0 Å². The van der Waals surface area contributed by atoms with Gasteiger partial charge in [-0.2, -0.15) is 5.26 Å². The van der Waals surface area contributed by atoms with Gasteiger partial charge in [-0.15, -0.1) is 0 Å². The summed E-state index contributed by atoms with van der Waals surface area (Å²) in [5.41, 5.74) is 2.94. The molecule has 0 heterocycles. The van der Waals surface area contributed by atoms with Gasteiger partial charge in [-0.3, -0.25) is 4.79 Å². The summed E-state index contributed by atoms with van der Waals surface area (Å²) < 4.78 is 0. The Morgan fingerprint density at radius 3 is 2.56 bits per heavy atom. The molecule has 0 saturated heterocycles. The summed E-state index contributed by atoms with van der Waals surface area (Å²) in [5, 5.41) is 15.3. The monoisotopic (exact) mass is 342 g/mol. The van der Waals surface area contributed by atoms with Crippen molar-refractivity contribution in [3.8, 4) is 6.07 Å². The first-order valence-corrected chi connectivity index (χ1v) is 8.91. The Labute approximate surface area is 151 Å². The molecule has 5 nitrogen and oxygen atoms in total. The average molecular weight is 342 g/mol. The number of nitriles is 1. The Bertz CT molecular complexity index is 640. The lowest BCUT2D eigenvalue weighted by Gasteiger charge is -2.18. The van der Waals surface area contributed by atoms with E-state index >= 15 is 0 Å². The average Bonchev–Trinajstić information content (AvgIpc) is 2.59. The number of rotatable bonds is 9. The predicted octanol–water partition coefficient (Wildman–Crippen LogP) is 3.40. The van der Waals surface area contributed by atoms with E-state index in [2.05, 4.69) is 43.2 Å². The van der Waals surface area contributed by atoms with Crippen molar-refractivity contribution < 1.29 is 4.79 Å². The standard InChI is InChI=1S/C20H30N4O/c1-6-24(7-2)12-11-22-14-17(13-21)20(25)23-19-16(5)9-8-10-18(19)15(3)4/h8-10,14-15,22H,6-7,11-12H2,1-5H3,(H,23,25)/b17-14-. The molecule has 0 radical (unpaired) electrons. The lowest BCUT2D eigenvalue weighted by molar-refractivity contribution is -0.112. The number of amides is 1. The molecule has 1 aromatic carbocycles. The number of carbonyl (C=O) groups excluding carboxylic acids is 1. The Hall–Kier alpha value is -2.32. The number of carbonyl (C=O) groups is 1. The first-order chi connectivity index (χ1) is 11.9. The van der Waals surface area contributed by atoms with Crippen LogP contribution in [0.5, 0.6) is 0 Å². The summed E-state index contributed by atoms with van der Waals surface area (Å²) in [6.07, 6.45) is 1.51. The zero-order chi connectivity index (χ0) is 18.8. The number of aryl methyl sites for hydroxylation is 1. The normalized spacial score (nSPS) is 11.5. The summed E-state index contributed by atoms with van der Waals surface area (Å²) in [7, 11) is 0. The molecule has 1 aromatic rings. The zero-order valence-electron chi connectivity index (χ0n) is 16.0. The van der Waals surface area contributed by atoms with Gasteiger partial charge >= 0.3 is 0 Å². The van der Waals surface area contributed by atoms with Gasteiger partial charge in [0.05, 0.1) is 0 Å². The highest BCUT2D eigenvalue weighted by Crippen LogP contribution is 2.27. The van der Waals surface area contributed by atoms with Crippen molar-refractivity contribution in [2.75, 3.05) is 31.5 Å². The fourth-order valence-electron chi connectivity index (χ4n) is 2.61. The molecular formula is C20H30N4O. The lowest BCUT2D eigenvalue weighted by Crippen LogP contribution is -2.30. The number of nitrogens with zero attached hydrogens (tertiary/aromatic N) is 2. The molecule has 1 amide bonds. The van der Waals surface area contributed by atoms with Gasteiger partial charge in [0, 0.05) is 25.0 Å². The molecule has 0 aromatic heterocycles. The second-order valence-electron chi connectivity index (χ2n) is 6.30. The molecule has 0 unspecified atom stereocenters. The first-order valence-electron chi connectivity index (χ1n) is 8.91. The van der Waals surface area contributed by atoms with Crippen molar-refractivity contribution in [2.45, 2.75) is 40.5 Å². The van der Waals surface area contributed by atoms with E-state index in [0.717, 1.165) is 36.4 Å². The Balaban J connectivity index is 2.78. The van der Waals surface area contributed by atoms with Crippen molar-refractivity contribution in [1.82, 2.24) is 10.2 Å². The second kappa shape index (κ2) is 10.5. The third-order valence-corrected chi connectivity index (χ3v) is 4.24. The Kier molecular flexibility index (Phi) is 8.73. The van der Waals surface area contributed by atoms with Crippen molar-refractivity contribution in [3.63, 3.8) is 0 Å².